The standard InChI is InChI=1S/C14H26N4/c1-12-14(11-18(3)16-12)10-17(2)8-6-13-5-4-7-15-9-13/h11,13,15H,4-10H2,1-3H3. The number of piperidine rings is 1. The van der Waals surface area contributed by atoms with Crippen LogP contribution in [0.4, 0.5) is 0 Å². The quantitative estimate of drug-likeness (QED) is 0.861. The van der Waals surface area contributed by atoms with E-state index in [-0.39, 0.29) is 0 Å². The van der Waals surface area contributed by atoms with E-state index in [1.807, 2.05) is 11.7 Å². The van der Waals surface area contributed by atoms with E-state index in [4.69, 9.17) is 0 Å². The molecule has 2 rings (SSSR count). The van der Waals surface area contributed by atoms with Gasteiger partial charge in [-0.2, -0.15) is 5.10 Å². The van der Waals surface area contributed by atoms with Crippen LogP contribution in [0.3, 0.4) is 0 Å². The second-order valence-electron chi connectivity index (χ2n) is 5.65. The Labute approximate surface area is 110 Å². The molecule has 4 heteroatoms. The van der Waals surface area contributed by atoms with Crippen LogP contribution in [0.25, 0.3) is 0 Å². The van der Waals surface area contributed by atoms with Crippen LogP contribution in [-0.4, -0.2) is 41.4 Å². The molecule has 1 aliphatic heterocycles. The van der Waals surface area contributed by atoms with Gasteiger partial charge in [0.1, 0.15) is 0 Å². The van der Waals surface area contributed by atoms with Gasteiger partial charge >= 0.3 is 0 Å². The molecule has 1 atom stereocenters. The molecule has 2 heterocycles. The van der Waals surface area contributed by atoms with E-state index in [2.05, 4.69) is 35.5 Å². The number of nitrogens with zero attached hydrogens (tertiary/aromatic N) is 3. The molecule has 102 valence electrons. The van der Waals surface area contributed by atoms with Gasteiger partial charge in [0.25, 0.3) is 0 Å². The summed E-state index contributed by atoms with van der Waals surface area (Å²) in [7, 11) is 4.20. The van der Waals surface area contributed by atoms with Crippen molar-refractivity contribution in [2.45, 2.75) is 32.7 Å². The molecule has 1 N–H and O–H groups in total. The van der Waals surface area contributed by atoms with Gasteiger partial charge in [0, 0.05) is 25.4 Å². The highest BCUT2D eigenvalue weighted by atomic mass is 15.3. The first-order valence-electron chi connectivity index (χ1n) is 7.03. The van der Waals surface area contributed by atoms with E-state index in [9.17, 15) is 0 Å². The predicted octanol–water partition coefficient (Wildman–Crippen LogP) is 1.55. The maximum Gasteiger partial charge on any atom is 0.0638 e. The van der Waals surface area contributed by atoms with Crippen molar-refractivity contribution in [3.8, 4) is 0 Å². The summed E-state index contributed by atoms with van der Waals surface area (Å²) >= 11 is 0. The minimum atomic E-state index is 0.871. The molecule has 0 radical (unpaired) electrons. The smallest absolute Gasteiger partial charge is 0.0638 e. The number of nitrogens with one attached hydrogen (secondary N) is 1. The van der Waals surface area contributed by atoms with Crippen LogP contribution in [-0.2, 0) is 13.6 Å². The van der Waals surface area contributed by atoms with Crippen molar-refractivity contribution in [3.05, 3.63) is 17.5 Å². The van der Waals surface area contributed by atoms with Gasteiger partial charge in [-0.05, 0) is 58.8 Å². The molecule has 0 aromatic carbocycles. The van der Waals surface area contributed by atoms with Crippen molar-refractivity contribution in [2.24, 2.45) is 13.0 Å². The van der Waals surface area contributed by atoms with Crippen molar-refractivity contribution < 1.29 is 0 Å². The molecule has 1 fully saturated rings. The molecule has 18 heavy (non-hydrogen) atoms. The minimum absolute atomic E-state index is 0.871. The lowest BCUT2D eigenvalue weighted by Gasteiger charge is -2.25. The van der Waals surface area contributed by atoms with Gasteiger partial charge in [0.15, 0.2) is 0 Å². The van der Waals surface area contributed by atoms with Crippen LogP contribution in [0.15, 0.2) is 6.20 Å². The summed E-state index contributed by atoms with van der Waals surface area (Å²) in [5, 5.41) is 7.88. The monoisotopic (exact) mass is 250 g/mol. The molecule has 1 saturated heterocycles. The number of hydrogen-bond acceptors (Lipinski definition) is 3. The fraction of sp³-hybridized carbons (Fsp3) is 0.786. The Hall–Kier alpha value is -0.870. The second-order valence-corrected chi connectivity index (χ2v) is 5.65. The fourth-order valence-corrected chi connectivity index (χ4v) is 2.75. The summed E-state index contributed by atoms with van der Waals surface area (Å²) in [5.41, 5.74) is 2.51. The summed E-state index contributed by atoms with van der Waals surface area (Å²) in [4.78, 5) is 2.42. The maximum absolute atomic E-state index is 4.39. The molecule has 0 bridgehead atoms. The molecular weight excluding hydrogens is 224 g/mol. The van der Waals surface area contributed by atoms with E-state index in [0.717, 1.165) is 18.2 Å². The summed E-state index contributed by atoms with van der Waals surface area (Å²) in [6.07, 6.45) is 6.18. The number of hydrogen-bond donors (Lipinski definition) is 1. The average molecular weight is 250 g/mol. The average Bonchev–Trinajstić information content (AvgIpc) is 2.67. The Morgan fingerprint density at radius 3 is 3.00 bits per heavy atom. The van der Waals surface area contributed by atoms with Crippen LogP contribution in [0.1, 0.15) is 30.5 Å². The Kier molecular flexibility index (Phi) is 4.78. The zero-order chi connectivity index (χ0) is 13.0. The summed E-state index contributed by atoms with van der Waals surface area (Å²) in [6.45, 7) is 6.70. The topological polar surface area (TPSA) is 33.1 Å². The highest BCUT2D eigenvalue weighted by Crippen LogP contribution is 2.15. The largest absolute Gasteiger partial charge is 0.316 e. The highest BCUT2D eigenvalue weighted by Gasteiger charge is 2.14. The highest BCUT2D eigenvalue weighted by molar-refractivity contribution is 5.14. The van der Waals surface area contributed by atoms with Gasteiger partial charge in [-0.25, -0.2) is 0 Å². The second kappa shape index (κ2) is 6.34. The summed E-state index contributed by atoms with van der Waals surface area (Å²) in [6, 6.07) is 0. The summed E-state index contributed by atoms with van der Waals surface area (Å²) in [5.74, 6) is 0.871. The molecule has 0 amide bonds. The third kappa shape index (κ3) is 3.82. The first-order valence-corrected chi connectivity index (χ1v) is 7.03. The van der Waals surface area contributed by atoms with Gasteiger partial charge in [0.05, 0.1) is 5.69 Å². The van der Waals surface area contributed by atoms with Crippen LogP contribution >= 0.6 is 0 Å². The molecule has 1 unspecified atom stereocenters. The number of rotatable bonds is 5. The van der Waals surface area contributed by atoms with Gasteiger partial charge in [-0.15, -0.1) is 0 Å². The van der Waals surface area contributed by atoms with Gasteiger partial charge < -0.3 is 10.2 Å². The van der Waals surface area contributed by atoms with E-state index < -0.39 is 0 Å². The van der Waals surface area contributed by atoms with E-state index in [1.54, 1.807) is 0 Å². The third-order valence-corrected chi connectivity index (χ3v) is 3.87. The van der Waals surface area contributed by atoms with Gasteiger partial charge in [0.2, 0.25) is 0 Å². The lowest BCUT2D eigenvalue weighted by atomic mass is 9.96. The lowest BCUT2D eigenvalue weighted by Crippen LogP contribution is -2.32. The van der Waals surface area contributed by atoms with Crippen LogP contribution < -0.4 is 5.32 Å². The van der Waals surface area contributed by atoms with E-state index in [0.29, 0.717) is 0 Å². The van der Waals surface area contributed by atoms with Gasteiger partial charge in [-0.3, -0.25) is 4.68 Å². The SMILES string of the molecule is Cc1nn(C)cc1CN(C)CCC1CCCNC1. The van der Waals surface area contributed by atoms with Gasteiger partial charge in [-0.1, -0.05) is 0 Å². The Morgan fingerprint density at radius 2 is 2.39 bits per heavy atom. The minimum Gasteiger partial charge on any atom is -0.316 e. The van der Waals surface area contributed by atoms with Crippen LogP contribution in [0, 0.1) is 12.8 Å². The van der Waals surface area contributed by atoms with E-state index in [1.165, 1.54) is 44.5 Å². The van der Waals surface area contributed by atoms with Crippen molar-refractivity contribution in [1.82, 2.24) is 20.0 Å². The van der Waals surface area contributed by atoms with E-state index >= 15 is 0 Å². The molecule has 1 aliphatic rings. The van der Waals surface area contributed by atoms with Crippen molar-refractivity contribution in [3.63, 3.8) is 0 Å². The van der Waals surface area contributed by atoms with Crippen molar-refractivity contribution in [1.29, 1.82) is 0 Å². The third-order valence-electron chi connectivity index (χ3n) is 3.87. The lowest BCUT2D eigenvalue weighted by molar-refractivity contribution is 0.268. The maximum atomic E-state index is 4.39. The first kappa shape index (κ1) is 13.6. The van der Waals surface area contributed by atoms with Crippen LogP contribution in [0.5, 0.6) is 0 Å². The number of aromatic nitrogens is 2. The van der Waals surface area contributed by atoms with Crippen LogP contribution in [0.2, 0.25) is 0 Å². The zero-order valence-corrected chi connectivity index (χ0v) is 11.9. The zero-order valence-electron chi connectivity index (χ0n) is 11.9. The predicted molar refractivity (Wildman–Crippen MR) is 74.5 cm³/mol. The molecule has 1 aromatic heterocycles. The molecule has 0 saturated carbocycles. The fourth-order valence-electron chi connectivity index (χ4n) is 2.75. The Morgan fingerprint density at radius 1 is 1.56 bits per heavy atom. The normalized spacial score (nSPS) is 20.6. The molecule has 0 spiro atoms. The Bertz CT molecular complexity index is 366. The molecule has 4 nitrogen and oxygen atoms in total. The van der Waals surface area contributed by atoms with Crippen molar-refractivity contribution >= 4 is 0 Å². The number of aryl methyl sites for hydroxylation is 2. The van der Waals surface area contributed by atoms with Crippen molar-refractivity contribution in [2.75, 3.05) is 26.7 Å². The summed E-state index contributed by atoms with van der Waals surface area (Å²) < 4.78 is 1.91. The Balaban J connectivity index is 1.74. The molecular formula is C14H26N4. The molecule has 1 aromatic rings. The molecule has 0 aliphatic carbocycles. The first-order chi connectivity index (χ1) is 8.65.